The number of hydrogen-bond donors (Lipinski definition) is 0. The number of piperazine rings is 1. The molecule has 0 aromatic heterocycles. The molecule has 0 spiro atoms. The van der Waals surface area contributed by atoms with Gasteiger partial charge >= 0.3 is 0 Å². The fourth-order valence-electron chi connectivity index (χ4n) is 2.62. The second-order valence-corrected chi connectivity index (χ2v) is 5.44. The molecule has 1 unspecified atom stereocenters. The van der Waals surface area contributed by atoms with Crippen molar-refractivity contribution < 1.29 is 9.60 Å². The van der Waals surface area contributed by atoms with Crippen LogP contribution in [-0.4, -0.2) is 43.0 Å². The van der Waals surface area contributed by atoms with Gasteiger partial charge in [-0.1, -0.05) is 54.0 Å². The molecule has 2 aromatic rings. The largest absolute Gasteiger partial charge is 0.304 e. The fraction of sp³-hybridized carbons (Fsp3) is 0.333. The van der Waals surface area contributed by atoms with Crippen LogP contribution in [0.2, 0.25) is 5.02 Å². The minimum absolute atomic E-state index is 0.168. The molecule has 2 nitrogen and oxygen atoms in total. The first kappa shape index (κ1) is 8.33. The van der Waals surface area contributed by atoms with Crippen molar-refractivity contribution in [1.82, 2.24) is 9.80 Å². The lowest BCUT2D eigenvalue weighted by Gasteiger charge is -2.38. The van der Waals surface area contributed by atoms with Crippen molar-refractivity contribution in [3.63, 3.8) is 0 Å². The zero-order valence-electron chi connectivity index (χ0n) is 18.6. The van der Waals surface area contributed by atoms with Gasteiger partial charge in [0, 0.05) is 35.3 Å². The topological polar surface area (TPSA) is 6.48 Å². The highest BCUT2D eigenvalue weighted by Gasteiger charge is 2.25. The van der Waals surface area contributed by atoms with Crippen LogP contribution in [0.15, 0.2) is 54.5 Å². The third-order valence-electron chi connectivity index (χ3n) is 3.68. The summed E-state index contributed by atoms with van der Waals surface area (Å²) in [6.07, 6.45) is 0. The maximum Gasteiger partial charge on any atom is 0.0639 e. The van der Waals surface area contributed by atoms with Crippen molar-refractivity contribution in [2.45, 2.75) is 6.04 Å². The first-order valence-corrected chi connectivity index (χ1v) is 7.30. The van der Waals surface area contributed by atoms with Crippen molar-refractivity contribution >= 4 is 11.6 Å². The Morgan fingerprint density at radius 3 is 2.29 bits per heavy atom. The van der Waals surface area contributed by atoms with Crippen LogP contribution in [-0.2, 0) is 0 Å². The van der Waals surface area contributed by atoms with Crippen LogP contribution in [0.1, 0.15) is 26.8 Å². The molecule has 1 atom stereocenters. The van der Waals surface area contributed by atoms with Crippen LogP contribution in [0.25, 0.3) is 0 Å². The molecule has 0 N–H and O–H groups in total. The lowest BCUT2D eigenvalue weighted by atomic mass is 9.96. The normalized spacial score (nSPS) is 24.0. The molecule has 0 saturated carbocycles. The van der Waals surface area contributed by atoms with Crippen LogP contribution in [0, 0.1) is 0 Å². The summed E-state index contributed by atoms with van der Waals surface area (Å²) in [6, 6.07) is 7.94. The molecule has 0 aliphatic carbocycles. The minimum atomic E-state index is -2.15. The first-order chi connectivity index (χ1) is 13.1. The van der Waals surface area contributed by atoms with Gasteiger partial charge in [-0.3, -0.25) is 4.90 Å². The summed E-state index contributed by atoms with van der Waals surface area (Å²) in [7, 11) is 0. The van der Waals surface area contributed by atoms with Crippen molar-refractivity contribution in [2.24, 2.45) is 0 Å². The Balaban J connectivity index is 2.07. The maximum absolute atomic E-state index is 8.41. The van der Waals surface area contributed by atoms with Gasteiger partial charge < -0.3 is 4.90 Å². The van der Waals surface area contributed by atoms with Crippen LogP contribution >= 0.6 is 11.6 Å². The lowest BCUT2D eigenvalue weighted by Crippen LogP contribution is -2.46. The highest BCUT2D eigenvalue weighted by atomic mass is 35.5. The van der Waals surface area contributed by atoms with E-state index in [0.717, 1.165) is 5.56 Å². The number of benzene rings is 2. The molecule has 1 aliphatic heterocycles. The molecule has 110 valence electrons. The van der Waals surface area contributed by atoms with E-state index in [1.165, 1.54) is 4.90 Å². The van der Waals surface area contributed by atoms with Gasteiger partial charge in [-0.25, -0.2) is 0 Å². The Morgan fingerprint density at radius 1 is 1.00 bits per heavy atom. The van der Waals surface area contributed by atoms with Crippen molar-refractivity contribution in [3.8, 4) is 0 Å². The monoisotopic (exact) mass is 307 g/mol. The van der Waals surface area contributed by atoms with Gasteiger partial charge in [0.2, 0.25) is 0 Å². The van der Waals surface area contributed by atoms with Crippen LogP contribution < -0.4 is 0 Å². The average molecular weight is 308 g/mol. The predicted molar refractivity (Wildman–Crippen MR) is 88.8 cm³/mol. The SMILES string of the molecule is [2H]c1c([2H])c(C(c2ccccc2)N2CCN(C([2H])([2H])[2H])CC2)c([2H])c([2H])c1Cl. The van der Waals surface area contributed by atoms with Gasteiger partial charge in [-0.15, -0.1) is 0 Å². The number of likely N-dealkylation sites (N-methyl/N-ethyl adjacent to an activating group) is 1. The Bertz CT molecular complexity index is 820. The third kappa shape index (κ3) is 3.46. The zero-order chi connectivity index (χ0) is 20.6. The molecule has 0 amide bonds. The smallest absolute Gasteiger partial charge is 0.0639 e. The molecule has 1 saturated heterocycles. The number of nitrogens with zero attached hydrogens (tertiary/aromatic N) is 2. The minimum Gasteiger partial charge on any atom is -0.304 e. The second kappa shape index (κ2) is 6.61. The highest BCUT2D eigenvalue weighted by Crippen LogP contribution is 2.30. The molecule has 3 heteroatoms. The number of halogens is 1. The van der Waals surface area contributed by atoms with Gasteiger partial charge in [0.1, 0.15) is 0 Å². The van der Waals surface area contributed by atoms with Crippen LogP contribution in [0.5, 0.6) is 0 Å². The van der Waals surface area contributed by atoms with Crippen LogP contribution in [0.3, 0.4) is 0 Å². The van der Waals surface area contributed by atoms with E-state index in [0.29, 0.717) is 26.2 Å². The molecule has 0 radical (unpaired) electrons. The Morgan fingerprint density at radius 2 is 1.67 bits per heavy atom. The molecule has 21 heavy (non-hydrogen) atoms. The molecule has 1 heterocycles. The van der Waals surface area contributed by atoms with Gasteiger partial charge in [0.15, 0.2) is 0 Å². The van der Waals surface area contributed by atoms with E-state index in [-0.39, 0.29) is 34.8 Å². The second-order valence-electron chi connectivity index (χ2n) is 5.06. The Labute approximate surface area is 141 Å². The molecular formula is C18H21ClN2. The van der Waals surface area contributed by atoms with E-state index < -0.39 is 13.0 Å². The predicted octanol–water partition coefficient (Wildman–Crippen LogP) is 3.68. The summed E-state index contributed by atoms with van der Waals surface area (Å²) in [5, 5.41) is -0.196. The Kier molecular flexibility index (Phi) is 2.62. The van der Waals surface area contributed by atoms with E-state index in [2.05, 4.69) is 0 Å². The summed E-state index contributed by atoms with van der Waals surface area (Å²) >= 11 is 5.97. The summed E-state index contributed by atoms with van der Waals surface area (Å²) < 4.78 is 55.8. The quantitative estimate of drug-likeness (QED) is 0.853. The van der Waals surface area contributed by atoms with Gasteiger partial charge in [0.05, 0.1) is 11.5 Å². The van der Waals surface area contributed by atoms with Crippen molar-refractivity contribution in [1.29, 1.82) is 0 Å². The first-order valence-electron chi connectivity index (χ1n) is 10.4. The number of hydrogen-bond acceptors (Lipinski definition) is 2. The molecule has 1 aliphatic rings. The fourth-order valence-corrected chi connectivity index (χ4v) is 2.71. The van der Waals surface area contributed by atoms with E-state index in [9.17, 15) is 0 Å². The zero-order valence-corrected chi connectivity index (χ0v) is 12.3. The Hall–Kier alpha value is -1.35. The highest BCUT2D eigenvalue weighted by molar-refractivity contribution is 6.30. The standard InChI is InChI=1S/C18H21ClN2/c1-20-11-13-21(14-12-20)18(15-5-3-2-4-6-15)16-7-9-17(19)10-8-16/h2-10,18H,11-14H2,1H3/i1D3,7D,8D,9D,10D. The van der Waals surface area contributed by atoms with E-state index in [4.69, 9.17) is 21.2 Å². The maximum atomic E-state index is 8.41. The van der Waals surface area contributed by atoms with Gasteiger partial charge in [-0.05, 0) is 30.2 Å². The summed E-state index contributed by atoms with van der Waals surface area (Å²) in [5.41, 5.74) is 1.08. The van der Waals surface area contributed by atoms with E-state index >= 15 is 0 Å². The summed E-state index contributed by atoms with van der Waals surface area (Å²) in [5.74, 6) is 0. The lowest BCUT2D eigenvalue weighted by molar-refractivity contribution is 0.127. The van der Waals surface area contributed by atoms with Crippen molar-refractivity contribution in [3.05, 3.63) is 70.7 Å². The molecule has 2 aromatic carbocycles. The molecule has 3 rings (SSSR count). The number of rotatable bonds is 3. The summed E-state index contributed by atoms with van der Waals surface area (Å²) in [4.78, 5) is 3.44. The van der Waals surface area contributed by atoms with Crippen molar-refractivity contribution in [2.75, 3.05) is 33.2 Å². The van der Waals surface area contributed by atoms with E-state index in [1.54, 1.807) is 0 Å². The molecular weight excluding hydrogens is 280 g/mol. The van der Waals surface area contributed by atoms with Gasteiger partial charge in [0.25, 0.3) is 0 Å². The van der Waals surface area contributed by atoms with Gasteiger partial charge in [-0.2, -0.15) is 0 Å². The third-order valence-corrected chi connectivity index (χ3v) is 3.87. The molecule has 0 bridgehead atoms. The van der Waals surface area contributed by atoms with E-state index in [1.807, 2.05) is 35.2 Å². The summed E-state index contributed by atoms with van der Waals surface area (Å²) in [6.45, 7) is -0.635. The van der Waals surface area contributed by atoms with Crippen LogP contribution in [0.4, 0.5) is 0 Å². The average Bonchev–Trinajstić information content (AvgIpc) is 2.68. The molecule has 1 fully saturated rings.